The molecule has 0 spiro atoms. The third-order valence-electron chi connectivity index (χ3n) is 5.28. The average molecular weight is 423 g/mol. The van der Waals surface area contributed by atoms with Crippen LogP contribution in [-0.2, 0) is 4.74 Å². The monoisotopic (exact) mass is 422 g/mol. The predicted octanol–water partition coefficient (Wildman–Crippen LogP) is 2.93. The fraction of sp³-hybridized carbons (Fsp3) is 0.667. The van der Waals surface area contributed by atoms with Crippen molar-refractivity contribution in [3.05, 3.63) is 30.3 Å². The Morgan fingerprint density at radius 3 is 2.75 bits per heavy atom. The van der Waals surface area contributed by atoms with E-state index in [1.807, 2.05) is 11.8 Å². The van der Waals surface area contributed by atoms with Crippen LogP contribution in [0, 0.1) is 0 Å². The van der Waals surface area contributed by atoms with E-state index >= 15 is 0 Å². The molecule has 3 rings (SSSR count). The molecule has 0 amide bonds. The highest BCUT2D eigenvalue weighted by molar-refractivity contribution is 8.00. The number of benzene rings is 1. The molecule has 5 nitrogen and oxygen atoms in total. The van der Waals surface area contributed by atoms with Gasteiger partial charge in [-0.3, -0.25) is 9.89 Å². The van der Waals surface area contributed by atoms with E-state index in [4.69, 9.17) is 9.73 Å². The Labute approximate surface area is 178 Å². The molecule has 0 radical (unpaired) electrons. The first-order chi connectivity index (χ1) is 13.7. The fourth-order valence-electron chi connectivity index (χ4n) is 3.69. The molecule has 0 saturated carbocycles. The molecule has 0 bridgehead atoms. The van der Waals surface area contributed by atoms with E-state index in [1.54, 1.807) is 0 Å². The van der Waals surface area contributed by atoms with Crippen molar-refractivity contribution in [2.24, 2.45) is 4.99 Å². The molecule has 2 saturated heterocycles. The van der Waals surface area contributed by atoms with Gasteiger partial charge in [0, 0.05) is 42.1 Å². The van der Waals surface area contributed by atoms with Gasteiger partial charge >= 0.3 is 0 Å². The van der Waals surface area contributed by atoms with Crippen molar-refractivity contribution >= 4 is 29.5 Å². The van der Waals surface area contributed by atoms with Crippen molar-refractivity contribution in [1.82, 2.24) is 15.5 Å². The van der Waals surface area contributed by atoms with Crippen LogP contribution < -0.4 is 10.6 Å². The zero-order valence-corrected chi connectivity index (χ0v) is 18.8. The molecule has 2 aliphatic rings. The summed E-state index contributed by atoms with van der Waals surface area (Å²) in [6, 6.07) is 10.6. The Balaban J connectivity index is 1.56. The summed E-state index contributed by atoms with van der Waals surface area (Å²) in [6.07, 6.45) is 1.22. The second-order valence-corrected chi connectivity index (χ2v) is 10.1. The Morgan fingerprint density at radius 1 is 1.29 bits per heavy atom. The Bertz CT molecular complexity index is 602. The number of thioether (sulfide) groups is 2. The minimum absolute atomic E-state index is 0.196. The molecule has 2 atom stereocenters. The van der Waals surface area contributed by atoms with Gasteiger partial charge in [0.15, 0.2) is 5.96 Å². The highest BCUT2D eigenvalue weighted by Gasteiger charge is 2.40. The van der Waals surface area contributed by atoms with Gasteiger partial charge in [-0.1, -0.05) is 25.1 Å². The number of morpholine rings is 1. The summed E-state index contributed by atoms with van der Waals surface area (Å²) in [6.45, 7) is 10.8. The van der Waals surface area contributed by atoms with Crippen LogP contribution in [-0.4, -0.2) is 79.1 Å². The molecule has 2 heterocycles. The van der Waals surface area contributed by atoms with Gasteiger partial charge in [0.25, 0.3) is 0 Å². The maximum absolute atomic E-state index is 5.57. The lowest BCUT2D eigenvalue weighted by Gasteiger charge is -2.42. The third kappa shape index (κ3) is 6.31. The van der Waals surface area contributed by atoms with Crippen molar-refractivity contribution in [2.75, 3.05) is 57.4 Å². The molecular weight excluding hydrogens is 388 g/mol. The predicted molar refractivity (Wildman–Crippen MR) is 123 cm³/mol. The first kappa shape index (κ1) is 21.8. The molecule has 2 aliphatic heterocycles. The first-order valence-electron chi connectivity index (χ1n) is 10.4. The molecule has 156 valence electrons. The summed E-state index contributed by atoms with van der Waals surface area (Å²) in [5.41, 5.74) is 0.196. The van der Waals surface area contributed by atoms with Crippen molar-refractivity contribution in [3.8, 4) is 0 Å². The number of rotatable bonds is 8. The Hall–Kier alpha value is -0.890. The standard InChI is InChI=1S/C21H34N4OS2/c1-3-22-20(23-15-18(2)28-19-7-5-4-6-8-19)24-16-21(9-14-27-17-21)25-10-12-26-13-11-25/h4-8,18H,3,9-17H2,1-2H3,(H2,22,23,24). The van der Waals surface area contributed by atoms with E-state index in [0.717, 1.165) is 51.9 Å². The SMILES string of the molecule is CCNC(=NCC1(N2CCOCC2)CCSC1)NCC(C)Sc1ccccc1. The minimum atomic E-state index is 0.196. The van der Waals surface area contributed by atoms with Crippen LogP contribution in [0.25, 0.3) is 0 Å². The summed E-state index contributed by atoms with van der Waals surface area (Å²) in [5, 5.41) is 7.45. The van der Waals surface area contributed by atoms with Gasteiger partial charge in [-0.05, 0) is 31.2 Å². The number of ether oxygens (including phenoxy) is 1. The number of nitrogens with one attached hydrogen (secondary N) is 2. The summed E-state index contributed by atoms with van der Waals surface area (Å²) in [7, 11) is 0. The Kier molecular flexibility index (Phi) is 8.83. The van der Waals surface area contributed by atoms with Gasteiger partial charge in [-0.2, -0.15) is 11.8 Å². The number of nitrogens with zero attached hydrogens (tertiary/aromatic N) is 2. The number of hydrogen-bond donors (Lipinski definition) is 2. The van der Waals surface area contributed by atoms with E-state index in [0.29, 0.717) is 5.25 Å². The Morgan fingerprint density at radius 2 is 2.07 bits per heavy atom. The second-order valence-electron chi connectivity index (χ2n) is 7.44. The first-order valence-corrected chi connectivity index (χ1v) is 12.4. The lowest BCUT2D eigenvalue weighted by Crippen LogP contribution is -2.56. The summed E-state index contributed by atoms with van der Waals surface area (Å²) < 4.78 is 5.57. The van der Waals surface area contributed by atoms with E-state index in [-0.39, 0.29) is 5.54 Å². The second kappa shape index (κ2) is 11.3. The molecule has 0 aromatic heterocycles. The van der Waals surface area contributed by atoms with Crippen LogP contribution in [0.15, 0.2) is 40.2 Å². The van der Waals surface area contributed by atoms with E-state index in [1.165, 1.54) is 22.8 Å². The third-order valence-corrected chi connectivity index (χ3v) is 7.63. The summed E-state index contributed by atoms with van der Waals surface area (Å²) in [5.74, 6) is 3.35. The molecule has 2 N–H and O–H groups in total. The molecule has 28 heavy (non-hydrogen) atoms. The van der Waals surface area contributed by atoms with Crippen LogP contribution in [0.3, 0.4) is 0 Å². The van der Waals surface area contributed by atoms with Gasteiger partial charge in [-0.15, -0.1) is 11.8 Å². The maximum Gasteiger partial charge on any atom is 0.191 e. The maximum atomic E-state index is 5.57. The highest BCUT2D eigenvalue weighted by Crippen LogP contribution is 2.34. The lowest BCUT2D eigenvalue weighted by molar-refractivity contribution is -0.0104. The van der Waals surface area contributed by atoms with Crippen molar-refractivity contribution in [1.29, 1.82) is 0 Å². The zero-order valence-electron chi connectivity index (χ0n) is 17.2. The van der Waals surface area contributed by atoms with Crippen molar-refractivity contribution < 1.29 is 4.74 Å². The molecule has 2 fully saturated rings. The van der Waals surface area contributed by atoms with Crippen LogP contribution in [0.2, 0.25) is 0 Å². The van der Waals surface area contributed by atoms with Crippen LogP contribution in [0.5, 0.6) is 0 Å². The van der Waals surface area contributed by atoms with E-state index < -0.39 is 0 Å². The highest BCUT2D eigenvalue weighted by atomic mass is 32.2. The quantitative estimate of drug-likeness (QED) is 0.382. The van der Waals surface area contributed by atoms with Gasteiger partial charge in [0.2, 0.25) is 0 Å². The summed E-state index contributed by atoms with van der Waals surface area (Å²) in [4.78, 5) is 8.95. The van der Waals surface area contributed by atoms with E-state index in [2.05, 4.69) is 71.5 Å². The molecule has 1 aromatic rings. The average Bonchev–Trinajstić information content (AvgIpc) is 3.22. The minimum Gasteiger partial charge on any atom is -0.379 e. The molecular formula is C21H34N4OS2. The summed E-state index contributed by atoms with van der Waals surface area (Å²) >= 11 is 3.96. The van der Waals surface area contributed by atoms with Gasteiger partial charge in [0.05, 0.1) is 25.3 Å². The number of hydrogen-bond acceptors (Lipinski definition) is 5. The molecule has 2 unspecified atom stereocenters. The number of aliphatic imine (C=N–C) groups is 1. The zero-order chi connectivity index (χ0) is 19.7. The van der Waals surface area contributed by atoms with Gasteiger partial charge in [0.1, 0.15) is 0 Å². The largest absolute Gasteiger partial charge is 0.379 e. The fourth-order valence-corrected chi connectivity index (χ4v) is 6.10. The lowest BCUT2D eigenvalue weighted by atomic mass is 9.96. The van der Waals surface area contributed by atoms with Crippen molar-refractivity contribution in [3.63, 3.8) is 0 Å². The number of guanidine groups is 1. The normalized spacial score (nSPS) is 24.9. The smallest absolute Gasteiger partial charge is 0.191 e. The molecule has 0 aliphatic carbocycles. The van der Waals surface area contributed by atoms with Crippen LogP contribution in [0.1, 0.15) is 20.3 Å². The molecule has 1 aromatic carbocycles. The molecule has 7 heteroatoms. The van der Waals surface area contributed by atoms with Gasteiger partial charge < -0.3 is 15.4 Å². The van der Waals surface area contributed by atoms with Gasteiger partial charge in [-0.25, -0.2) is 0 Å². The van der Waals surface area contributed by atoms with Crippen LogP contribution >= 0.6 is 23.5 Å². The van der Waals surface area contributed by atoms with Crippen LogP contribution in [0.4, 0.5) is 0 Å². The van der Waals surface area contributed by atoms with Crippen molar-refractivity contribution in [2.45, 2.75) is 36.0 Å². The topological polar surface area (TPSA) is 48.9 Å². The van der Waals surface area contributed by atoms with E-state index in [9.17, 15) is 0 Å².